The van der Waals surface area contributed by atoms with Crippen molar-refractivity contribution in [3.8, 4) is 0 Å². The Bertz CT molecular complexity index is 142. The van der Waals surface area contributed by atoms with Crippen LogP contribution in [-0.4, -0.2) is 94.0 Å². The van der Waals surface area contributed by atoms with Crippen LogP contribution in [0.25, 0.3) is 0 Å². The van der Waals surface area contributed by atoms with Gasteiger partial charge in [-0.25, -0.2) is 0 Å². The third kappa shape index (κ3) is 14.0. The van der Waals surface area contributed by atoms with Gasteiger partial charge in [-0.2, -0.15) is 0 Å². The van der Waals surface area contributed by atoms with Gasteiger partial charge in [-0.05, 0) is 0 Å². The average Bonchev–Trinajstić information content (AvgIpc) is 1.84. The van der Waals surface area contributed by atoms with Crippen LogP contribution in [0.4, 0.5) is 0 Å². The number of rotatable bonds is 3. The van der Waals surface area contributed by atoms with E-state index >= 15 is 0 Å². The summed E-state index contributed by atoms with van der Waals surface area (Å²) >= 11 is 0. The van der Waals surface area contributed by atoms with Gasteiger partial charge in [0.1, 0.15) is 12.2 Å². The maximum atomic E-state index is 9.63. The standard InChI is InChI=1S/C4H6O6.Ca.4H2O/c5-1(3(7)8)2(6)4(9)10;;;;;/h1-2,5-6H,(H,7,8)(H,9,10);;4*1H2/q;+2;;;;/p-2/t1-,2-;;;;;/m0...../s1. The molecule has 10 nitrogen and oxygen atoms in total. The number of aliphatic hydroxyl groups excluding tert-OH is 2. The van der Waals surface area contributed by atoms with Crippen molar-refractivity contribution < 1.29 is 51.9 Å². The molecular weight excluding hydrogens is 248 g/mol. The van der Waals surface area contributed by atoms with Gasteiger partial charge in [0.15, 0.2) is 0 Å². The van der Waals surface area contributed by atoms with Gasteiger partial charge in [0.25, 0.3) is 0 Å². The minimum atomic E-state index is -2.44. The van der Waals surface area contributed by atoms with Crippen LogP contribution in [0.1, 0.15) is 0 Å². The largest absolute Gasteiger partial charge is 2.00 e. The van der Waals surface area contributed by atoms with Crippen molar-refractivity contribution >= 4 is 49.7 Å². The first-order chi connectivity index (χ1) is 4.46. The second-order valence-corrected chi connectivity index (χ2v) is 1.53. The van der Waals surface area contributed by atoms with Gasteiger partial charge in [0, 0.05) is 0 Å². The Morgan fingerprint density at radius 3 is 1.00 bits per heavy atom. The third-order valence-corrected chi connectivity index (χ3v) is 0.782. The molecule has 0 heterocycles. The van der Waals surface area contributed by atoms with E-state index in [4.69, 9.17) is 10.2 Å². The van der Waals surface area contributed by atoms with E-state index in [1.165, 1.54) is 0 Å². The molecule has 0 radical (unpaired) electrons. The first-order valence-corrected chi connectivity index (χ1v) is 2.24. The van der Waals surface area contributed by atoms with Gasteiger partial charge in [-0.15, -0.1) is 0 Å². The van der Waals surface area contributed by atoms with Crippen molar-refractivity contribution in [3.05, 3.63) is 0 Å². The fraction of sp³-hybridized carbons (Fsp3) is 0.500. The topological polar surface area (TPSA) is 247 Å². The Hall–Kier alpha value is -0.0403. The van der Waals surface area contributed by atoms with Crippen LogP contribution in [0.15, 0.2) is 0 Å². The van der Waals surface area contributed by atoms with Gasteiger partial charge >= 0.3 is 37.7 Å². The van der Waals surface area contributed by atoms with Crippen molar-refractivity contribution in [2.24, 2.45) is 0 Å². The smallest absolute Gasteiger partial charge is 0.547 e. The first-order valence-electron chi connectivity index (χ1n) is 2.24. The molecule has 0 fully saturated rings. The molecule has 0 saturated carbocycles. The van der Waals surface area contributed by atoms with Gasteiger partial charge in [0.05, 0.1) is 11.9 Å². The second-order valence-electron chi connectivity index (χ2n) is 1.53. The van der Waals surface area contributed by atoms with Crippen LogP contribution in [0.5, 0.6) is 0 Å². The van der Waals surface area contributed by atoms with E-state index < -0.39 is 24.1 Å². The molecule has 10 N–H and O–H groups in total. The Morgan fingerprint density at radius 2 is 0.933 bits per heavy atom. The Morgan fingerprint density at radius 1 is 0.800 bits per heavy atom. The van der Waals surface area contributed by atoms with Crippen LogP contribution in [-0.2, 0) is 9.59 Å². The maximum Gasteiger partial charge on any atom is 2.00 e. The molecule has 0 spiro atoms. The number of carboxylic acids is 2. The van der Waals surface area contributed by atoms with E-state index in [0.717, 1.165) is 0 Å². The minimum Gasteiger partial charge on any atom is -0.547 e. The Balaban J connectivity index is -0.0000000405. The zero-order valence-electron chi connectivity index (χ0n) is 7.39. The summed E-state index contributed by atoms with van der Waals surface area (Å²) in [6.07, 6.45) is -4.88. The molecule has 0 amide bonds. The molecule has 0 aliphatic carbocycles. The normalized spacial score (nSPS) is 10.5. The molecule has 0 aromatic carbocycles. The summed E-state index contributed by atoms with van der Waals surface area (Å²) in [7, 11) is 0. The van der Waals surface area contributed by atoms with Crippen molar-refractivity contribution in [2.45, 2.75) is 12.2 Å². The first kappa shape index (κ1) is 36.3. The third-order valence-electron chi connectivity index (χ3n) is 0.782. The molecule has 90 valence electrons. The maximum absolute atomic E-state index is 9.63. The van der Waals surface area contributed by atoms with Gasteiger partial charge in [-0.3, -0.25) is 0 Å². The Kier molecular flexibility index (Phi) is 39.7. The van der Waals surface area contributed by atoms with Crippen molar-refractivity contribution in [3.63, 3.8) is 0 Å². The molecule has 0 bridgehead atoms. The van der Waals surface area contributed by atoms with Gasteiger partial charge in [0.2, 0.25) is 0 Å². The van der Waals surface area contributed by atoms with Crippen LogP contribution in [0.3, 0.4) is 0 Å². The number of aliphatic carboxylic acids is 2. The van der Waals surface area contributed by atoms with E-state index in [-0.39, 0.29) is 59.6 Å². The van der Waals surface area contributed by atoms with Crippen LogP contribution >= 0.6 is 0 Å². The minimum absolute atomic E-state index is 0. The molecule has 0 rings (SSSR count). The van der Waals surface area contributed by atoms with Crippen LogP contribution in [0, 0.1) is 0 Å². The quantitative estimate of drug-likeness (QED) is 0.465. The van der Waals surface area contributed by atoms with E-state index in [1.54, 1.807) is 0 Å². The second kappa shape index (κ2) is 16.4. The fourth-order valence-corrected chi connectivity index (χ4v) is 0.258. The monoisotopic (exact) mass is 260 g/mol. The molecule has 0 aromatic rings. The number of hydrogen-bond donors (Lipinski definition) is 2. The SMILES string of the molecule is O.O.O.O.O=C([O-])[C@@H](O)[C@H](O)C(=O)[O-].[Ca+2]. The van der Waals surface area contributed by atoms with Crippen LogP contribution < -0.4 is 10.2 Å². The molecule has 11 heteroatoms. The summed E-state index contributed by atoms with van der Waals surface area (Å²) < 4.78 is 0. The summed E-state index contributed by atoms with van der Waals surface area (Å²) in [6.45, 7) is 0. The van der Waals surface area contributed by atoms with E-state index in [0.29, 0.717) is 0 Å². The predicted molar refractivity (Wildman–Crippen MR) is 42.2 cm³/mol. The molecule has 0 aliphatic heterocycles. The summed E-state index contributed by atoms with van der Waals surface area (Å²) in [4.78, 5) is 19.3. The zero-order chi connectivity index (χ0) is 8.31. The average molecular weight is 260 g/mol. The predicted octanol–water partition coefficient (Wildman–Crippen LogP) is -8.47. The number of carboxylic acid groups (broad SMARTS) is 2. The molecule has 0 saturated heterocycles. The molecule has 0 aromatic heterocycles. The molecule has 15 heavy (non-hydrogen) atoms. The van der Waals surface area contributed by atoms with E-state index in [2.05, 4.69) is 0 Å². The fourth-order valence-electron chi connectivity index (χ4n) is 0.258. The van der Waals surface area contributed by atoms with Gasteiger partial charge in [-0.1, -0.05) is 0 Å². The number of hydrogen-bond acceptors (Lipinski definition) is 6. The summed E-state index contributed by atoms with van der Waals surface area (Å²) in [5, 5.41) is 35.7. The molecule has 0 aliphatic rings. The van der Waals surface area contributed by atoms with E-state index in [1.807, 2.05) is 0 Å². The molecule has 0 unspecified atom stereocenters. The van der Waals surface area contributed by atoms with Crippen LogP contribution in [0.2, 0.25) is 0 Å². The number of carbonyl (C=O) groups excluding carboxylic acids is 2. The van der Waals surface area contributed by atoms with Crippen molar-refractivity contribution in [2.75, 3.05) is 0 Å². The zero-order valence-corrected chi connectivity index (χ0v) is 9.60. The van der Waals surface area contributed by atoms with Gasteiger partial charge < -0.3 is 51.9 Å². The van der Waals surface area contributed by atoms with Crippen molar-refractivity contribution in [1.82, 2.24) is 0 Å². The van der Waals surface area contributed by atoms with Crippen molar-refractivity contribution in [1.29, 1.82) is 0 Å². The summed E-state index contributed by atoms with van der Waals surface area (Å²) in [6, 6.07) is 0. The number of aliphatic hydroxyl groups is 2. The number of carbonyl (C=O) groups is 2. The Labute approximate surface area is 113 Å². The summed E-state index contributed by atoms with van der Waals surface area (Å²) in [5.74, 6) is -4.12. The van der Waals surface area contributed by atoms with E-state index in [9.17, 15) is 19.8 Å². The molecular formula is C4H12CaO10. The molecule has 2 atom stereocenters. The summed E-state index contributed by atoms with van der Waals surface area (Å²) in [5.41, 5.74) is 0.